The number of benzene rings is 1. The lowest BCUT2D eigenvalue weighted by Gasteiger charge is -2.31. The van der Waals surface area contributed by atoms with Crippen LogP contribution in [0.25, 0.3) is 0 Å². The molecule has 3 rings (SSSR count). The van der Waals surface area contributed by atoms with Crippen LogP contribution < -0.4 is 5.32 Å². The van der Waals surface area contributed by atoms with E-state index in [9.17, 15) is 16.8 Å². The minimum absolute atomic E-state index is 0.0576. The maximum atomic E-state index is 13.2. The largest absolute Gasteiger partial charge is 0.310 e. The van der Waals surface area contributed by atoms with Gasteiger partial charge in [-0.1, -0.05) is 31.5 Å². The molecule has 1 aromatic carbocycles. The lowest BCUT2D eigenvalue weighted by molar-refractivity contribution is 0.212. The third-order valence-electron chi connectivity index (χ3n) is 5.54. The molecule has 0 bridgehead atoms. The molecule has 6 nitrogen and oxygen atoms in total. The predicted molar refractivity (Wildman–Crippen MR) is 123 cm³/mol. The number of halogens is 1. The van der Waals surface area contributed by atoms with Gasteiger partial charge in [0.1, 0.15) is 0 Å². The molecule has 1 N–H and O–H groups in total. The zero-order valence-corrected chi connectivity index (χ0v) is 20.2. The van der Waals surface area contributed by atoms with Crippen LogP contribution in [0.2, 0.25) is 5.02 Å². The van der Waals surface area contributed by atoms with E-state index in [1.165, 1.54) is 29.1 Å². The van der Waals surface area contributed by atoms with Crippen LogP contribution >= 0.6 is 22.9 Å². The van der Waals surface area contributed by atoms with E-state index in [1.807, 2.05) is 11.4 Å². The van der Waals surface area contributed by atoms with E-state index >= 15 is 0 Å². The fraction of sp³-hybridized carbons (Fsp3) is 0.500. The van der Waals surface area contributed by atoms with Gasteiger partial charge < -0.3 is 5.32 Å². The molecular formula is C20H27ClN2O4S3. The Hall–Kier alpha value is -0.970. The molecule has 1 fully saturated rings. The van der Waals surface area contributed by atoms with Crippen LogP contribution in [-0.2, 0) is 19.7 Å². The highest BCUT2D eigenvalue weighted by Crippen LogP contribution is 2.29. The zero-order valence-electron chi connectivity index (χ0n) is 17.0. The average molecular weight is 491 g/mol. The molecule has 1 aromatic heterocycles. The molecule has 30 heavy (non-hydrogen) atoms. The van der Waals surface area contributed by atoms with Crippen molar-refractivity contribution in [2.45, 2.75) is 36.1 Å². The van der Waals surface area contributed by atoms with Crippen molar-refractivity contribution in [1.29, 1.82) is 0 Å². The summed E-state index contributed by atoms with van der Waals surface area (Å²) in [5.41, 5.74) is 0. The maximum Gasteiger partial charge on any atom is 0.183 e. The monoisotopic (exact) mass is 490 g/mol. The second-order valence-corrected chi connectivity index (χ2v) is 13.1. The third-order valence-corrected chi connectivity index (χ3v) is 10.9. The molecule has 0 saturated carbocycles. The molecule has 166 valence electrons. The minimum Gasteiger partial charge on any atom is -0.310 e. The molecule has 0 amide bonds. The summed E-state index contributed by atoms with van der Waals surface area (Å²) in [5.74, 6) is -0.551. The summed E-state index contributed by atoms with van der Waals surface area (Å²) < 4.78 is 51.2. The van der Waals surface area contributed by atoms with E-state index in [-0.39, 0.29) is 22.4 Å². The quantitative estimate of drug-likeness (QED) is 0.581. The lowest BCUT2D eigenvalue weighted by atomic mass is 10.1. The number of hydrogen-bond acceptors (Lipinski definition) is 7. The Bertz CT molecular complexity index is 1030. The van der Waals surface area contributed by atoms with E-state index in [0.717, 1.165) is 13.1 Å². The zero-order chi connectivity index (χ0) is 21.9. The Morgan fingerprint density at radius 3 is 2.40 bits per heavy atom. The molecule has 1 aliphatic heterocycles. The van der Waals surface area contributed by atoms with E-state index < -0.39 is 31.0 Å². The normalized spacial score (nSPS) is 22.4. The number of sulfone groups is 2. The standard InChI is InChI=1S/C20H27ClN2O4S3/c1-3-23(4-2)18(19-6-5-11-28-19)12-22-17-13-29(24,25)14-20(17)30(26,27)16-9-7-15(21)8-10-16/h5-11,17-18,20,22H,3-4,12-14H2,1-2H3/t17-,18?,20-/m0/s1. The first-order valence-electron chi connectivity index (χ1n) is 9.88. The maximum absolute atomic E-state index is 13.2. The van der Waals surface area contributed by atoms with Crippen LogP contribution in [-0.4, -0.2) is 64.2 Å². The van der Waals surface area contributed by atoms with Gasteiger partial charge in [-0.25, -0.2) is 16.8 Å². The molecule has 1 unspecified atom stereocenters. The van der Waals surface area contributed by atoms with E-state index in [2.05, 4.69) is 30.1 Å². The van der Waals surface area contributed by atoms with Gasteiger partial charge in [-0.15, -0.1) is 11.3 Å². The number of hydrogen-bond donors (Lipinski definition) is 1. The summed E-state index contributed by atoms with van der Waals surface area (Å²) >= 11 is 7.53. The molecule has 1 aliphatic rings. The summed E-state index contributed by atoms with van der Waals surface area (Å²) in [6.45, 7) is 6.33. The van der Waals surface area contributed by atoms with Gasteiger partial charge in [0.15, 0.2) is 19.7 Å². The Kier molecular flexibility index (Phi) is 7.63. The Morgan fingerprint density at radius 1 is 1.17 bits per heavy atom. The van der Waals surface area contributed by atoms with Gasteiger partial charge in [-0.3, -0.25) is 4.90 Å². The Balaban J connectivity index is 1.84. The molecule has 2 aromatic rings. The summed E-state index contributed by atoms with van der Waals surface area (Å²) in [5, 5.41) is 4.71. The first kappa shape index (κ1) is 23.7. The molecule has 1 saturated heterocycles. The third kappa shape index (κ3) is 5.26. The highest BCUT2D eigenvalue weighted by atomic mass is 35.5. The topological polar surface area (TPSA) is 83.6 Å². The van der Waals surface area contributed by atoms with Gasteiger partial charge in [0.05, 0.1) is 27.7 Å². The molecule has 0 spiro atoms. The fourth-order valence-corrected chi connectivity index (χ4v) is 9.63. The lowest BCUT2D eigenvalue weighted by Crippen LogP contribution is -2.46. The highest BCUT2D eigenvalue weighted by Gasteiger charge is 2.45. The van der Waals surface area contributed by atoms with Crippen LogP contribution in [0.1, 0.15) is 24.8 Å². The van der Waals surface area contributed by atoms with Crippen molar-refractivity contribution in [1.82, 2.24) is 10.2 Å². The van der Waals surface area contributed by atoms with Crippen LogP contribution in [0, 0.1) is 0 Å². The number of thiophene rings is 1. The van der Waals surface area contributed by atoms with Crippen LogP contribution in [0.3, 0.4) is 0 Å². The average Bonchev–Trinajstić information content (AvgIpc) is 3.33. The van der Waals surface area contributed by atoms with E-state index in [0.29, 0.717) is 11.6 Å². The van der Waals surface area contributed by atoms with Crippen LogP contribution in [0.5, 0.6) is 0 Å². The molecule has 2 heterocycles. The minimum atomic E-state index is -3.82. The Labute approximate surface area is 188 Å². The van der Waals surface area contributed by atoms with Crippen molar-refractivity contribution >= 4 is 42.6 Å². The van der Waals surface area contributed by atoms with Crippen molar-refractivity contribution in [2.24, 2.45) is 0 Å². The van der Waals surface area contributed by atoms with Crippen molar-refractivity contribution < 1.29 is 16.8 Å². The number of likely N-dealkylation sites (N-methyl/N-ethyl adjacent to an activating group) is 1. The summed E-state index contributed by atoms with van der Waals surface area (Å²) in [7, 11) is -7.28. The van der Waals surface area contributed by atoms with Crippen molar-refractivity contribution in [3.63, 3.8) is 0 Å². The summed E-state index contributed by atoms with van der Waals surface area (Å²) in [6.07, 6.45) is 0. The molecule has 0 radical (unpaired) electrons. The van der Waals surface area contributed by atoms with Gasteiger partial charge in [0.25, 0.3) is 0 Å². The van der Waals surface area contributed by atoms with Crippen molar-refractivity contribution in [3.05, 3.63) is 51.7 Å². The predicted octanol–water partition coefficient (Wildman–Crippen LogP) is 3.01. The van der Waals surface area contributed by atoms with Gasteiger partial charge in [0.2, 0.25) is 0 Å². The summed E-state index contributed by atoms with van der Waals surface area (Å²) in [4.78, 5) is 3.55. The Morgan fingerprint density at radius 2 is 1.83 bits per heavy atom. The second kappa shape index (κ2) is 9.67. The SMILES string of the molecule is CCN(CC)C(CN[C@H]1CS(=O)(=O)C[C@@H]1S(=O)(=O)c1ccc(Cl)cc1)c1cccs1. The highest BCUT2D eigenvalue weighted by molar-refractivity contribution is 7.96. The van der Waals surface area contributed by atoms with Gasteiger partial charge >= 0.3 is 0 Å². The van der Waals surface area contributed by atoms with Crippen molar-refractivity contribution in [3.8, 4) is 0 Å². The van der Waals surface area contributed by atoms with Crippen LogP contribution in [0.15, 0.2) is 46.7 Å². The van der Waals surface area contributed by atoms with Gasteiger partial charge in [-0.05, 0) is 48.8 Å². The van der Waals surface area contributed by atoms with Gasteiger partial charge in [0, 0.05) is 22.5 Å². The van der Waals surface area contributed by atoms with Crippen LogP contribution in [0.4, 0.5) is 0 Å². The second-order valence-electron chi connectivity index (χ2n) is 7.38. The number of rotatable bonds is 9. The molecule has 10 heteroatoms. The van der Waals surface area contributed by atoms with E-state index in [1.54, 1.807) is 11.3 Å². The first-order chi connectivity index (χ1) is 14.2. The molecular weight excluding hydrogens is 464 g/mol. The molecule has 3 atom stereocenters. The van der Waals surface area contributed by atoms with Gasteiger partial charge in [-0.2, -0.15) is 0 Å². The smallest absolute Gasteiger partial charge is 0.183 e. The van der Waals surface area contributed by atoms with E-state index in [4.69, 9.17) is 11.6 Å². The van der Waals surface area contributed by atoms with Crippen molar-refractivity contribution in [2.75, 3.05) is 31.1 Å². The number of nitrogens with one attached hydrogen (secondary N) is 1. The molecule has 0 aliphatic carbocycles. The number of nitrogens with zero attached hydrogens (tertiary/aromatic N) is 1. The fourth-order valence-electron chi connectivity index (χ4n) is 3.93. The first-order valence-corrected chi connectivity index (χ1v) is 14.5. The summed E-state index contributed by atoms with van der Waals surface area (Å²) in [6, 6.07) is 9.33.